The van der Waals surface area contributed by atoms with E-state index in [0.29, 0.717) is 0 Å². The topological polar surface area (TPSA) is 263 Å². The molecule has 0 spiro atoms. The Labute approximate surface area is 162 Å². The molecule has 0 radical (unpaired) electrons. The Bertz CT molecular complexity index is 693. The van der Waals surface area contributed by atoms with Crippen LogP contribution in [0.15, 0.2) is 0 Å². The number of amides is 3. The number of carbonyl (C=O) groups is 7. The second-order valence-electron chi connectivity index (χ2n) is 5.64. The number of hydrogen-bond donors (Lipinski definition) is 8. The Morgan fingerprint density at radius 3 is 1.62 bits per heavy atom. The lowest BCUT2D eigenvalue weighted by atomic mass is 10.1. The normalized spacial score (nSPS) is 13.3. The third-order valence-electron chi connectivity index (χ3n) is 3.18. The Balaban J connectivity index is 4.94. The Morgan fingerprint density at radius 2 is 1.17 bits per heavy atom. The summed E-state index contributed by atoms with van der Waals surface area (Å²) < 4.78 is 0. The molecule has 0 bridgehead atoms. The van der Waals surface area contributed by atoms with Gasteiger partial charge in [-0.05, 0) is 0 Å². The Kier molecular flexibility index (Phi) is 10.3. The van der Waals surface area contributed by atoms with E-state index in [2.05, 4.69) is 0 Å². The molecule has 0 saturated carbocycles. The van der Waals surface area contributed by atoms with Gasteiger partial charge in [0.05, 0.1) is 31.8 Å². The molecule has 0 aromatic heterocycles. The number of rotatable bonds is 13. The van der Waals surface area contributed by atoms with Gasteiger partial charge in [-0.25, -0.2) is 4.79 Å². The van der Waals surface area contributed by atoms with E-state index < -0.39 is 85.5 Å². The molecule has 29 heavy (non-hydrogen) atoms. The highest BCUT2D eigenvalue weighted by Crippen LogP contribution is 1.99. The number of carbonyl (C=O) groups excluding carboxylic acids is 3. The van der Waals surface area contributed by atoms with E-state index in [-0.39, 0.29) is 0 Å². The van der Waals surface area contributed by atoms with Crippen LogP contribution in [0.4, 0.5) is 0 Å². The highest BCUT2D eigenvalue weighted by molar-refractivity contribution is 5.95. The zero-order chi connectivity index (χ0) is 22.7. The maximum absolute atomic E-state index is 12.1. The zero-order valence-corrected chi connectivity index (χ0v) is 14.8. The van der Waals surface area contributed by atoms with Gasteiger partial charge in [-0.2, -0.15) is 0 Å². The largest absolute Gasteiger partial charge is 0.481 e. The third-order valence-corrected chi connectivity index (χ3v) is 3.18. The minimum Gasteiger partial charge on any atom is -0.481 e. The second kappa shape index (κ2) is 11.9. The van der Waals surface area contributed by atoms with E-state index in [1.54, 1.807) is 5.32 Å². The van der Waals surface area contributed by atoms with E-state index >= 15 is 0 Å². The third kappa shape index (κ3) is 10.9. The summed E-state index contributed by atoms with van der Waals surface area (Å²) >= 11 is 0. The van der Waals surface area contributed by atoms with Crippen molar-refractivity contribution in [2.45, 2.75) is 37.4 Å². The second-order valence-corrected chi connectivity index (χ2v) is 5.64. The Morgan fingerprint density at radius 1 is 0.690 bits per heavy atom. The van der Waals surface area contributed by atoms with Crippen LogP contribution in [0.5, 0.6) is 0 Å². The average Bonchev–Trinajstić information content (AvgIpc) is 2.56. The molecule has 15 heteroatoms. The van der Waals surface area contributed by atoms with Gasteiger partial charge in [-0.3, -0.25) is 28.8 Å². The fraction of sp³-hybridized carbons (Fsp3) is 0.500. The van der Waals surface area contributed by atoms with Crippen molar-refractivity contribution in [3.63, 3.8) is 0 Å². The maximum Gasteiger partial charge on any atom is 0.326 e. The summed E-state index contributed by atoms with van der Waals surface area (Å²) in [6.45, 7) is -0.785. The van der Waals surface area contributed by atoms with Crippen molar-refractivity contribution < 1.29 is 54.0 Å². The number of nitrogens with one attached hydrogen (secondary N) is 3. The first-order valence-electron chi connectivity index (χ1n) is 7.84. The van der Waals surface area contributed by atoms with Gasteiger partial charge in [-0.1, -0.05) is 0 Å². The Hall–Kier alpha value is -3.75. The van der Waals surface area contributed by atoms with Crippen LogP contribution in [0.2, 0.25) is 0 Å². The molecule has 0 aliphatic rings. The number of carboxylic acid groups (broad SMARTS) is 4. The first-order valence-corrected chi connectivity index (χ1v) is 7.84. The molecule has 0 unspecified atom stereocenters. The van der Waals surface area contributed by atoms with Gasteiger partial charge in [-0.15, -0.1) is 0 Å². The summed E-state index contributed by atoms with van der Waals surface area (Å²) in [7, 11) is 0. The van der Waals surface area contributed by atoms with E-state index in [4.69, 9.17) is 26.2 Å². The molecule has 9 N–H and O–H groups in total. The molecule has 0 rings (SSSR count). The van der Waals surface area contributed by atoms with Crippen LogP contribution < -0.4 is 21.7 Å². The molecule has 15 nitrogen and oxygen atoms in total. The molecular weight excluding hydrogens is 400 g/mol. The van der Waals surface area contributed by atoms with Crippen molar-refractivity contribution in [2.75, 3.05) is 6.54 Å². The number of nitrogens with two attached hydrogens (primary N) is 1. The molecule has 0 saturated heterocycles. The lowest BCUT2D eigenvalue weighted by molar-refractivity contribution is -0.148. The van der Waals surface area contributed by atoms with Gasteiger partial charge in [0.2, 0.25) is 17.7 Å². The molecule has 0 aliphatic heterocycles. The van der Waals surface area contributed by atoms with Crippen LogP contribution in [0.25, 0.3) is 0 Å². The highest BCUT2D eigenvalue weighted by Gasteiger charge is 2.29. The summed E-state index contributed by atoms with van der Waals surface area (Å²) in [6, 6.07) is -5.10. The van der Waals surface area contributed by atoms with Gasteiger partial charge < -0.3 is 42.1 Å². The van der Waals surface area contributed by atoms with E-state index in [0.717, 1.165) is 0 Å². The molecule has 0 aromatic carbocycles. The zero-order valence-electron chi connectivity index (χ0n) is 14.8. The quantitative estimate of drug-likeness (QED) is 0.141. The van der Waals surface area contributed by atoms with Crippen LogP contribution in [-0.2, 0) is 33.6 Å². The van der Waals surface area contributed by atoms with Crippen molar-refractivity contribution in [3.8, 4) is 0 Å². The van der Waals surface area contributed by atoms with Crippen LogP contribution in [0.1, 0.15) is 19.3 Å². The molecular formula is C14H20N4O11. The lowest BCUT2D eigenvalue weighted by Gasteiger charge is -2.20. The number of aliphatic carboxylic acids is 4. The fourth-order valence-electron chi connectivity index (χ4n) is 1.86. The average molecular weight is 420 g/mol. The molecule has 0 heterocycles. The van der Waals surface area contributed by atoms with Gasteiger partial charge >= 0.3 is 23.9 Å². The van der Waals surface area contributed by atoms with Crippen LogP contribution in [-0.4, -0.2) is 86.7 Å². The number of hydrogen-bond acceptors (Lipinski definition) is 8. The van der Waals surface area contributed by atoms with Crippen molar-refractivity contribution in [2.24, 2.45) is 5.73 Å². The van der Waals surface area contributed by atoms with E-state index in [1.165, 1.54) is 0 Å². The predicted molar refractivity (Wildman–Crippen MR) is 89.2 cm³/mol. The van der Waals surface area contributed by atoms with Gasteiger partial charge in [0.25, 0.3) is 0 Å². The number of carboxylic acids is 4. The van der Waals surface area contributed by atoms with E-state index in [1.807, 2.05) is 10.6 Å². The molecule has 0 fully saturated rings. The summed E-state index contributed by atoms with van der Waals surface area (Å²) in [5, 5.41) is 40.6. The van der Waals surface area contributed by atoms with E-state index in [9.17, 15) is 33.6 Å². The monoisotopic (exact) mass is 420 g/mol. The van der Waals surface area contributed by atoms with Crippen LogP contribution in [0, 0.1) is 0 Å². The summed E-state index contributed by atoms with van der Waals surface area (Å²) in [5.41, 5.74) is 5.27. The van der Waals surface area contributed by atoms with Crippen molar-refractivity contribution in [1.82, 2.24) is 16.0 Å². The summed E-state index contributed by atoms with van der Waals surface area (Å²) in [4.78, 5) is 78.3. The van der Waals surface area contributed by atoms with Crippen LogP contribution >= 0.6 is 0 Å². The molecule has 0 aliphatic carbocycles. The van der Waals surface area contributed by atoms with Gasteiger partial charge in [0.1, 0.15) is 12.1 Å². The van der Waals surface area contributed by atoms with Crippen molar-refractivity contribution in [1.29, 1.82) is 0 Å². The minimum absolute atomic E-state index is 0.711. The summed E-state index contributed by atoms with van der Waals surface area (Å²) in [5.74, 6) is -9.46. The van der Waals surface area contributed by atoms with Gasteiger partial charge in [0.15, 0.2) is 0 Å². The first-order chi connectivity index (χ1) is 13.3. The van der Waals surface area contributed by atoms with Gasteiger partial charge in [0, 0.05) is 0 Å². The predicted octanol–water partition coefficient (Wildman–Crippen LogP) is -4.09. The molecule has 0 aromatic rings. The molecule has 3 amide bonds. The first kappa shape index (κ1) is 25.2. The lowest BCUT2D eigenvalue weighted by Crippen LogP contribution is -2.54. The SMILES string of the molecule is N[C@@H](CC(=O)O)C(=O)NCC(=O)N[C@@H](CC(=O)O)C(=O)N[C@@H](CC(=O)O)C(=O)O. The fourth-order valence-corrected chi connectivity index (χ4v) is 1.86. The molecule has 3 atom stereocenters. The maximum atomic E-state index is 12.1. The van der Waals surface area contributed by atoms with Crippen LogP contribution in [0.3, 0.4) is 0 Å². The molecule has 162 valence electrons. The minimum atomic E-state index is -1.87. The summed E-state index contributed by atoms with van der Waals surface area (Å²) in [6.07, 6.45) is -2.67. The highest BCUT2D eigenvalue weighted by atomic mass is 16.4. The smallest absolute Gasteiger partial charge is 0.326 e. The van der Waals surface area contributed by atoms with Crippen molar-refractivity contribution >= 4 is 41.6 Å². The van der Waals surface area contributed by atoms with Crippen molar-refractivity contribution in [3.05, 3.63) is 0 Å². The standard InChI is InChI=1S/C14H20N4O11/c15-5(1-9(20)21)12(26)16-4-8(19)17-6(2-10(22)23)13(27)18-7(14(28)29)3-11(24)25/h5-7H,1-4,15H2,(H,16,26)(H,17,19)(H,18,27)(H,20,21)(H,22,23)(H,24,25)(H,28,29)/t5-,6-,7-/m0/s1.